The van der Waals surface area contributed by atoms with E-state index in [2.05, 4.69) is 5.32 Å². The average Bonchev–Trinajstić information content (AvgIpc) is 2.88. The molecule has 3 atom stereocenters. The number of hydrogen-bond acceptors (Lipinski definition) is 4. The summed E-state index contributed by atoms with van der Waals surface area (Å²) < 4.78 is 0. The number of thioether (sulfide) groups is 1. The number of carboxylic acid groups (broad SMARTS) is 2. The molecule has 3 aromatic rings. The van der Waals surface area contributed by atoms with Gasteiger partial charge in [-0.25, -0.2) is 4.79 Å². The van der Waals surface area contributed by atoms with Gasteiger partial charge in [-0.3, -0.25) is 9.59 Å². The molecule has 7 heteroatoms. The first-order valence-corrected chi connectivity index (χ1v) is 13.0. The normalized spacial score (nSPS) is 13.3. The van der Waals surface area contributed by atoms with E-state index < -0.39 is 35.7 Å². The van der Waals surface area contributed by atoms with Gasteiger partial charge in [-0.15, -0.1) is 0 Å². The zero-order valence-electron chi connectivity index (χ0n) is 20.0. The summed E-state index contributed by atoms with van der Waals surface area (Å²) in [5.74, 6) is -3.14. The van der Waals surface area contributed by atoms with Crippen molar-refractivity contribution in [2.45, 2.75) is 31.1 Å². The van der Waals surface area contributed by atoms with Crippen LogP contribution in [0.4, 0.5) is 0 Å². The van der Waals surface area contributed by atoms with Crippen LogP contribution in [0.5, 0.6) is 0 Å². The van der Waals surface area contributed by atoms with Crippen molar-refractivity contribution in [2.24, 2.45) is 11.8 Å². The first kappa shape index (κ1) is 27.0. The van der Waals surface area contributed by atoms with E-state index >= 15 is 0 Å². The van der Waals surface area contributed by atoms with Gasteiger partial charge in [0.1, 0.15) is 6.04 Å². The third kappa shape index (κ3) is 8.89. The Hall–Kier alpha value is -3.58. The molecule has 36 heavy (non-hydrogen) atoms. The second-order valence-electron chi connectivity index (χ2n) is 8.75. The van der Waals surface area contributed by atoms with Crippen molar-refractivity contribution in [1.82, 2.24) is 5.32 Å². The van der Waals surface area contributed by atoms with Crippen LogP contribution in [0.2, 0.25) is 0 Å². The molecule has 1 amide bonds. The first-order valence-electron chi connectivity index (χ1n) is 11.9. The Morgan fingerprint density at radius 1 is 0.667 bits per heavy atom. The molecule has 3 rings (SSSR count). The number of hydrogen-bond donors (Lipinski definition) is 3. The molecule has 0 bridgehead atoms. The lowest BCUT2D eigenvalue weighted by Crippen LogP contribution is -2.46. The van der Waals surface area contributed by atoms with Gasteiger partial charge in [0.2, 0.25) is 5.91 Å². The van der Waals surface area contributed by atoms with Crippen LogP contribution in [0.15, 0.2) is 91.0 Å². The van der Waals surface area contributed by atoms with Gasteiger partial charge < -0.3 is 15.5 Å². The third-order valence-corrected chi connectivity index (χ3v) is 7.06. The van der Waals surface area contributed by atoms with Gasteiger partial charge in [-0.1, -0.05) is 91.0 Å². The minimum Gasteiger partial charge on any atom is -0.481 e. The van der Waals surface area contributed by atoms with Crippen molar-refractivity contribution in [1.29, 1.82) is 0 Å². The molecule has 188 valence electrons. The van der Waals surface area contributed by atoms with Crippen LogP contribution in [-0.4, -0.2) is 39.9 Å². The van der Waals surface area contributed by atoms with Crippen molar-refractivity contribution >= 4 is 29.6 Å². The Kier molecular flexibility index (Phi) is 10.6. The number of benzene rings is 3. The fourth-order valence-corrected chi connectivity index (χ4v) is 5.04. The van der Waals surface area contributed by atoms with Crippen LogP contribution in [0.25, 0.3) is 0 Å². The number of amides is 1. The molecule has 0 heterocycles. The molecule has 3 N–H and O–H groups in total. The quantitative estimate of drug-likeness (QED) is 0.294. The molecule has 0 aliphatic rings. The predicted octanol–water partition coefficient (Wildman–Crippen LogP) is 4.68. The smallest absolute Gasteiger partial charge is 0.327 e. The predicted molar refractivity (Wildman–Crippen MR) is 142 cm³/mol. The van der Waals surface area contributed by atoms with Crippen molar-refractivity contribution in [2.75, 3.05) is 5.75 Å². The molecule has 0 aliphatic carbocycles. The van der Waals surface area contributed by atoms with Gasteiger partial charge in [0, 0.05) is 17.4 Å². The summed E-state index contributed by atoms with van der Waals surface area (Å²) in [6.45, 7) is 0. The summed E-state index contributed by atoms with van der Waals surface area (Å²) in [4.78, 5) is 37.3. The van der Waals surface area contributed by atoms with Crippen LogP contribution in [0.3, 0.4) is 0 Å². The molecule has 0 aliphatic heterocycles. The van der Waals surface area contributed by atoms with E-state index in [0.717, 1.165) is 16.7 Å². The minimum atomic E-state index is -1.11. The molecule has 0 aromatic heterocycles. The molecular formula is C29H31NO5S. The van der Waals surface area contributed by atoms with E-state index in [9.17, 15) is 24.6 Å². The van der Waals surface area contributed by atoms with E-state index in [0.29, 0.717) is 18.6 Å². The van der Waals surface area contributed by atoms with Crippen LogP contribution in [0.1, 0.15) is 23.1 Å². The lowest BCUT2D eigenvalue weighted by Gasteiger charge is -2.23. The molecule has 0 unspecified atom stereocenters. The summed E-state index contributed by atoms with van der Waals surface area (Å²) in [7, 11) is 0. The summed E-state index contributed by atoms with van der Waals surface area (Å²) in [6, 6.07) is 27.3. The van der Waals surface area contributed by atoms with Crippen LogP contribution >= 0.6 is 11.8 Å². The molecule has 0 fully saturated rings. The maximum absolute atomic E-state index is 13.3. The van der Waals surface area contributed by atoms with Crippen LogP contribution in [0, 0.1) is 11.8 Å². The van der Waals surface area contributed by atoms with Gasteiger partial charge in [0.15, 0.2) is 0 Å². The molecular weight excluding hydrogens is 474 g/mol. The average molecular weight is 506 g/mol. The summed E-state index contributed by atoms with van der Waals surface area (Å²) in [6.07, 6.45) is 0.729. The Morgan fingerprint density at radius 3 is 1.61 bits per heavy atom. The van der Waals surface area contributed by atoms with Gasteiger partial charge in [-0.05, 0) is 36.0 Å². The number of rotatable bonds is 14. The summed E-state index contributed by atoms with van der Waals surface area (Å²) >= 11 is 1.43. The molecule has 6 nitrogen and oxygen atoms in total. The molecule has 0 radical (unpaired) electrons. The summed E-state index contributed by atoms with van der Waals surface area (Å²) in [5.41, 5.74) is 2.85. The third-order valence-electron chi connectivity index (χ3n) is 5.95. The van der Waals surface area contributed by atoms with Crippen LogP contribution in [-0.2, 0) is 33.0 Å². The molecule has 0 saturated heterocycles. The standard InChI is InChI=1S/C29H31NO5S/c31-27(30-26(29(34)35)20-36-19-23-14-8-3-9-15-23)24(16-21-10-4-1-5-11-21)18-25(28(32)33)17-22-12-6-2-7-13-22/h1-15,24-26H,16-20H2,(H,30,31)(H,32,33)(H,34,35)/t24-,25-,26+/m1/s1. The maximum Gasteiger partial charge on any atom is 0.327 e. The second kappa shape index (κ2) is 14.1. The van der Waals surface area contributed by atoms with E-state index in [-0.39, 0.29) is 12.2 Å². The van der Waals surface area contributed by atoms with Gasteiger partial charge >= 0.3 is 11.9 Å². The fraction of sp³-hybridized carbons (Fsp3) is 0.276. The first-order chi connectivity index (χ1) is 17.4. The number of aliphatic carboxylic acids is 2. The lowest BCUT2D eigenvalue weighted by molar-refractivity contribution is -0.144. The van der Waals surface area contributed by atoms with Crippen molar-refractivity contribution in [3.63, 3.8) is 0 Å². The maximum atomic E-state index is 13.3. The van der Waals surface area contributed by atoms with Crippen molar-refractivity contribution < 1.29 is 24.6 Å². The number of carbonyl (C=O) groups is 3. The highest BCUT2D eigenvalue weighted by Gasteiger charge is 2.30. The monoisotopic (exact) mass is 505 g/mol. The number of carbonyl (C=O) groups excluding carboxylic acids is 1. The lowest BCUT2D eigenvalue weighted by atomic mass is 9.85. The topological polar surface area (TPSA) is 104 Å². The SMILES string of the molecule is O=C(O)[C@H](Cc1ccccc1)C[C@@H](Cc1ccccc1)C(=O)N[C@@H](CSCc1ccccc1)C(=O)O. The Morgan fingerprint density at radius 2 is 1.14 bits per heavy atom. The zero-order valence-corrected chi connectivity index (χ0v) is 20.8. The molecule has 0 saturated carbocycles. The second-order valence-corrected chi connectivity index (χ2v) is 9.78. The van der Waals surface area contributed by atoms with E-state index in [1.165, 1.54) is 11.8 Å². The Bertz CT molecular complexity index is 1110. The zero-order chi connectivity index (χ0) is 25.8. The highest BCUT2D eigenvalue weighted by Crippen LogP contribution is 2.23. The largest absolute Gasteiger partial charge is 0.481 e. The van der Waals surface area contributed by atoms with Crippen LogP contribution < -0.4 is 5.32 Å². The Labute approximate surface area is 215 Å². The molecule has 0 spiro atoms. The van der Waals surface area contributed by atoms with Gasteiger partial charge in [0.25, 0.3) is 0 Å². The molecule has 3 aromatic carbocycles. The highest BCUT2D eigenvalue weighted by molar-refractivity contribution is 7.98. The van der Waals surface area contributed by atoms with Crippen molar-refractivity contribution in [3.8, 4) is 0 Å². The Balaban J connectivity index is 1.71. The summed E-state index contributed by atoms with van der Waals surface area (Å²) in [5, 5.41) is 22.3. The minimum absolute atomic E-state index is 0.106. The van der Waals surface area contributed by atoms with Gasteiger partial charge in [0.05, 0.1) is 5.92 Å². The van der Waals surface area contributed by atoms with E-state index in [1.807, 2.05) is 91.0 Å². The van der Waals surface area contributed by atoms with Crippen molar-refractivity contribution in [3.05, 3.63) is 108 Å². The number of nitrogens with one attached hydrogen (secondary N) is 1. The van der Waals surface area contributed by atoms with E-state index in [1.54, 1.807) is 0 Å². The fourth-order valence-electron chi connectivity index (χ4n) is 4.03. The highest BCUT2D eigenvalue weighted by atomic mass is 32.2. The van der Waals surface area contributed by atoms with E-state index in [4.69, 9.17) is 0 Å². The van der Waals surface area contributed by atoms with Gasteiger partial charge in [-0.2, -0.15) is 11.8 Å². The number of carboxylic acids is 2.